The summed E-state index contributed by atoms with van der Waals surface area (Å²) in [5, 5.41) is 9.78. The van der Waals surface area contributed by atoms with Crippen molar-refractivity contribution in [2.45, 2.75) is 18.8 Å². The molecule has 1 amide bonds. The zero-order chi connectivity index (χ0) is 18.6. The molecule has 0 radical (unpaired) electrons. The fourth-order valence-electron chi connectivity index (χ4n) is 4.83. The van der Waals surface area contributed by atoms with Crippen molar-refractivity contribution >= 4 is 11.9 Å². The summed E-state index contributed by atoms with van der Waals surface area (Å²) in [5.74, 6) is 0.758. The first kappa shape index (κ1) is 16.9. The Bertz CT molecular complexity index is 795. The van der Waals surface area contributed by atoms with Gasteiger partial charge < -0.3 is 24.2 Å². The monoisotopic (exact) mass is 373 g/mol. The number of carboxylic acids is 1. The highest BCUT2D eigenvalue weighted by atomic mass is 16.6. The van der Waals surface area contributed by atoms with Gasteiger partial charge in [0.15, 0.2) is 11.5 Å². The SMILES string of the molecule is O=C(C1CC1c1ccc2c(c1)OCCO2)N1C[C@H]2COCC[C@@]2(C(=O)O)C1. The smallest absolute Gasteiger partial charge is 0.311 e. The minimum Gasteiger partial charge on any atom is -0.486 e. The third-order valence-corrected chi connectivity index (χ3v) is 6.55. The fraction of sp³-hybridized carbons (Fsp3) is 0.600. The molecule has 3 heterocycles. The first-order valence-electron chi connectivity index (χ1n) is 9.58. The molecule has 4 aliphatic rings. The molecule has 3 aliphatic heterocycles. The highest BCUT2D eigenvalue weighted by Gasteiger charge is 2.57. The van der Waals surface area contributed by atoms with E-state index in [0.29, 0.717) is 45.9 Å². The summed E-state index contributed by atoms with van der Waals surface area (Å²) in [5.41, 5.74) is 0.250. The molecule has 1 saturated carbocycles. The Balaban J connectivity index is 1.30. The maximum atomic E-state index is 13.0. The molecule has 1 aromatic carbocycles. The normalized spacial score (nSPS) is 34.1. The summed E-state index contributed by atoms with van der Waals surface area (Å²) in [6.45, 7) is 2.76. The van der Waals surface area contributed by atoms with Gasteiger partial charge in [0.25, 0.3) is 0 Å². The molecule has 0 bridgehead atoms. The Kier molecular flexibility index (Phi) is 3.82. The molecule has 2 saturated heterocycles. The lowest BCUT2D eigenvalue weighted by atomic mass is 9.74. The number of hydrogen-bond acceptors (Lipinski definition) is 5. The summed E-state index contributed by atoms with van der Waals surface area (Å²) in [6, 6.07) is 5.88. The standard InChI is InChI=1S/C20H23NO6/c22-18(21-9-13-10-25-4-3-20(13,11-21)19(23)24)15-8-14(15)12-1-2-16-17(7-12)27-6-5-26-16/h1-2,7,13-15H,3-6,8-11H2,(H,23,24)/t13-,14?,15?,20+/m0/s1. The summed E-state index contributed by atoms with van der Waals surface area (Å²) in [7, 11) is 0. The Morgan fingerprint density at radius 2 is 1.96 bits per heavy atom. The maximum absolute atomic E-state index is 13.0. The van der Waals surface area contributed by atoms with Crippen LogP contribution in [0.3, 0.4) is 0 Å². The van der Waals surface area contributed by atoms with Gasteiger partial charge in [-0.05, 0) is 36.5 Å². The van der Waals surface area contributed by atoms with Crippen LogP contribution in [0.1, 0.15) is 24.3 Å². The molecule has 2 unspecified atom stereocenters. The van der Waals surface area contributed by atoms with Crippen molar-refractivity contribution in [3.63, 3.8) is 0 Å². The summed E-state index contributed by atoms with van der Waals surface area (Å²) in [4.78, 5) is 26.7. The Morgan fingerprint density at radius 3 is 2.74 bits per heavy atom. The molecule has 1 aliphatic carbocycles. The highest BCUT2D eigenvalue weighted by Crippen LogP contribution is 2.52. The zero-order valence-corrected chi connectivity index (χ0v) is 15.1. The largest absolute Gasteiger partial charge is 0.486 e. The number of ether oxygens (including phenoxy) is 3. The van der Waals surface area contributed by atoms with E-state index in [1.807, 2.05) is 18.2 Å². The number of rotatable bonds is 3. The lowest BCUT2D eigenvalue weighted by Crippen LogP contribution is -2.45. The lowest BCUT2D eigenvalue weighted by Gasteiger charge is -2.33. The fourth-order valence-corrected chi connectivity index (χ4v) is 4.83. The van der Waals surface area contributed by atoms with Gasteiger partial charge in [-0.15, -0.1) is 0 Å². The third kappa shape index (κ3) is 2.67. The lowest BCUT2D eigenvalue weighted by molar-refractivity contribution is -0.157. The van der Waals surface area contributed by atoms with Crippen molar-refractivity contribution in [2.24, 2.45) is 17.3 Å². The number of fused-ring (bicyclic) bond motifs is 2. The van der Waals surface area contributed by atoms with Crippen LogP contribution in [0.25, 0.3) is 0 Å². The molecule has 5 rings (SSSR count). The van der Waals surface area contributed by atoms with E-state index in [4.69, 9.17) is 14.2 Å². The molecule has 4 atom stereocenters. The molecule has 1 N–H and O–H groups in total. The van der Waals surface area contributed by atoms with E-state index < -0.39 is 11.4 Å². The first-order valence-corrected chi connectivity index (χ1v) is 9.58. The second-order valence-electron chi connectivity index (χ2n) is 8.05. The Hall–Kier alpha value is -2.28. The van der Waals surface area contributed by atoms with Gasteiger partial charge in [-0.2, -0.15) is 0 Å². The van der Waals surface area contributed by atoms with Crippen molar-refractivity contribution in [1.29, 1.82) is 0 Å². The number of aliphatic carboxylic acids is 1. The Morgan fingerprint density at radius 1 is 1.15 bits per heavy atom. The second-order valence-corrected chi connectivity index (χ2v) is 8.05. The van der Waals surface area contributed by atoms with Gasteiger partial charge >= 0.3 is 5.97 Å². The number of carbonyl (C=O) groups is 2. The molecular weight excluding hydrogens is 350 g/mol. The van der Waals surface area contributed by atoms with Crippen LogP contribution in [0, 0.1) is 17.3 Å². The first-order chi connectivity index (χ1) is 13.1. The predicted octanol–water partition coefficient (Wildman–Crippen LogP) is 1.51. The number of carboxylic acid groups (broad SMARTS) is 1. The number of amides is 1. The van der Waals surface area contributed by atoms with E-state index in [1.165, 1.54) is 0 Å². The van der Waals surface area contributed by atoms with Gasteiger partial charge in [-0.1, -0.05) is 6.07 Å². The second kappa shape index (κ2) is 6.12. The predicted molar refractivity (Wildman–Crippen MR) is 93.9 cm³/mol. The van der Waals surface area contributed by atoms with Crippen molar-refractivity contribution in [3.05, 3.63) is 23.8 Å². The van der Waals surface area contributed by atoms with E-state index in [-0.39, 0.29) is 23.7 Å². The summed E-state index contributed by atoms with van der Waals surface area (Å²) in [6.07, 6.45) is 1.28. The van der Waals surface area contributed by atoms with Gasteiger partial charge in [0, 0.05) is 31.5 Å². The van der Waals surface area contributed by atoms with E-state index >= 15 is 0 Å². The molecule has 0 spiro atoms. The van der Waals surface area contributed by atoms with Crippen molar-refractivity contribution < 1.29 is 28.9 Å². The number of hydrogen-bond donors (Lipinski definition) is 1. The number of nitrogens with zero attached hydrogens (tertiary/aromatic N) is 1. The van der Waals surface area contributed by atoms with Crippen LogP contribution in [-0.2, 0) is 14.3 Å². The summed E-state index contributed by atoms with van der Waals surface area (Å²) >= 11 is 0. The molecule has 7 nitrogen and oxygen atoms in total. The van der Waals surface area contributed by atoms with Crippen molar-refractivity contribution in [1.82, 2.24) is 4.90 Å². The van der Waals surface area contributed by atoms with Crippen molar-refractivity contribution in [2.75, 3.05) is 39.5 Å². The van der Waals surface area contributed by atoms with Gasteiger partial charge in [0.2, 0.25) is 5.91 Å². The van der Waals surface area contributed by atoms with Crippen LogP contribution in [0.2, 0.25) is 0 Å². The van der Waals surface area contributed by atoms with Crippen LogP contribution in [0.15, 0.2) is 18.2 Å². The average Bonchev–Trinajstić information content (AvgIpc) is 3.38. The molecular formula is C20H23NO6. The molecule has 3 fully saturated rings. The van der Waals surface area contributed by atoms with E-state index in [9.17, 15) is 14.7 Å². The van der Waals surface area contributed by atoms with Gasteiger partial charge in [0.1, 0.15) is 13.2 Å². The summed E-state index contributed by atoms with van der Waals surface area (Å²) < 4.78 is 16.7. The van der Waals surface area contributed by atoms with Crippen LogP contribution in [0.5, 0.6) is 11.5 Å². The molecule has 27 heavy (non-hydrogen) atoms. The molecule has 0 aromatic heterocycles. The molecule has 144 valence electrons. The maximum Gasteiger partial charge on any atom is 0.311 e. The van der Waals surface area contributed by atoms with Crippen LogP contribution >= 0.6 is 0 Å². The average molecular weight is 373 g/mol. The Labute approximate surface area is 157 Å². The van der Waals surface area contributed by atoms with E-state index in [2.05, 4.69) is 0 Å². The minimum absolute atomic E-state index is 0.0699. The van der Waals surface area contributed by atoms with E-state index in [1.54, 1.807) is 4.90 Å². The van der Waals surface area contributed by atoms with Gasteiger partial charge in [-0.25, -0.2) is 0 Å². The molecule has 7 heteroatoms. The van der Waals surface area contributed by atoms with Crippen molar-refractivity contribution in [3.8, 4) is 11.5 Å². The quantitative estimate of drug-likeness (QED) is 0.865. The topological polar surface area (TPSA) is 85.3 Å². The van der Waals surface area contributed by atoms with E-state index in [0.717, 1.165) is 23.5 Å². The van der Waals surface area contributed by atoms with Gasteiger partial charge in [-0.3, -0.25) is 9.59 Å². The minimum atomic E-state index is -0.838. The zero-order valence-electron chi connectivity index (χ0n) is 15.1. The highest BCUT2D eigenvalue weighted by molar-refractivity contribution is 5.85. The number of benzene rings is 1. The van der Waals surface area contributed by atoms with Crippen LogP contribution < -0.4 is 9.47 Å². The van der Waals surface area contributed by atoms with Gasteiger partial charge in [0.05, 0.1) is 12.0 Å². The van der Waals surface area contributed by atoms with Crippen LogP contribution in [0.4, 0.5) is 0 Å². The third-order valence-electron chi connectivity index (χ3n) is 6.55. The number of likely N-dealkylation sites (tertiary alicyclic amines) is 1. The number of carbonyl (C=O) groups excluding carboxylic acids is 1. The molecule has 1 aromatic rings. The van der Waals surface area contributed by atoms with Crippen LogP contribution in [-0.4, -0.2) is 61.4 Å².